The van der Waals surface area contributed by atoms with Crippen molar-refractivity contribution in [2.75, 3.05) is 0 Å². The van der Waals surface area contributed by atoms with E-state index in [1.807, 2.05) is 24.3 Å². The molecule has 0 saturated heterocycles. The molecule has 0 unspecified atom stereocenters. The number of esters is 1. The first kappa shape index (κ1) is 15.6. The number of rotatable bonds is 2. The second-order valence-corrected chi connectivity index (χ2v) is 6.87. The molecule has 1 aliphatic heterocycles. The van der Waals surface area contributed by atoms with E-state index in [1.54, 1.807) is 20.8 Å². The average Bonchev–Trinajstić information content (AvgIpc) is 2.82. The van der Waals surface area contributed by atoms with Crippen LogP contribution in [0.15, 0.2) is 24.3 Å². The lowest BCUT2D eigenvalue weighted by Crippen LogP contribution is -2.62. The highest BCUT2D eigenvalue weighted by Gasteiger charge is 2.51. The number of H-pyrrole nitrogens is 1. The van der Waals surface area contributed by atoms with E-state index >= 15 is 0 Å². The minimum Gasteiger partial charge on any atom is -0.479 e. The van der Waals surface area contributed by atoms with Gasteiger partial charge in [-0.05, 0) is 32.4 Å². The fraction of sp³-hybridized carbons (Fsp3) is 0.412. The van der Waals surface area contributed by atoms with Crippen LogP contribution in [0.4, 0.5) is 0 Å². The Labute approximate surface area is 133 Å². The van der Waals surface area contributed by atoms with E-state index in [9.17, 15) is 14.7 Å². The van der Waals surface area contributed by atoms with Gasteiger partial charge in [0.2, 0.25) is 5.54 Å². The van der Waals surface area contributed by atoms with Gasteiger partial charge in [0, 0.05) is 29.6 Å². The predicted octanol–water partition coefficient (Wildman–Crippen LogP) is 1.98. The van der Waals surface area contributed by atoms with Gasteiger partial charge in [-0.15, -0.1) is 0 Å². The summed E-state index contributed by atoms with van der Waals surface area (Å²) in [7, 11) is 0. The van der Waals surface area contributed by atoms with Crippen molar-refractivity contribution in [2.24, 2.45) is 0 Å². The molecular formula is C17H20N2O4. The number of aromatic amines is 1. The molecule has 6 heteroatoms. The first-order valence-electron chi connectivity index (χ1n) is 7.53. The smallest absolute Gasteiger partial charge is 0.338 e. The zero-order chi connectivity index (χ0) is 16.8. The number of para-hydroxylation sites is 1. The third kappa shape index (κ3) is 2.59. The summed E-state index contributed by atoms with van der Waals surface area (Å²) in [6, 6.07) is 7.67. The molecule has 3 N–H and O–H groups in total. The van der Waals surface area contributed by atoms with Crippen LogP contribution in [0, 0.1) is 0 Å². The van der Waals surface area contributed by atoms with Crippen LogP contribution >= 0.6 is 0 Å². The third-order valence-corrected chi connectivity index (χ3v) is 4.02. The van der Waals surface area contributed by atoms with Crippen LogP contribution in [0.25, 0.3) is 10.9 Å². The maximum Gasteiger partial charge on any atom is 0.338 e. The van der Waals surface area contributed by atoms with Crippen molar-refractivity contribution in [3.63, 3.8) is 0 Å². The van der Waals surface area contributed by atoms with E-state index < -0.39 is 23.1 Å². The van der Waals surface area contributed by atoms with Gasteiger partial charge < -0.3 is 14.8 Å². The van der Waals surface area contributed by atoms with Crippen LogP contribution < -0.4 is 5.32 Å². The minimum atomic E-state index is -1.76. The second-order valence-electron chi connectivity index (χ2n) is 6.87. The van der Waals surface area contributed by atoms with Crippen LogP contribution in [0.3, 0.4) is 0 Å². The molecule has 0 saturated carbocycles. The molecule has 0 bridgehead atoms. The molecule has 3 rings (SSSR count). The van der Waals surface area contributed by atoms with Crippen LogP contribution in [-0.2, 0) is 27.3 Å². The van der Waals surface area contributed by atoms with Crippen molar-refractivity contribution in [2.45, 2.75) is 44.9 Å². The molecule has 1 aromatic carbocycles. The monoisotopic (exact) mass is 316 g/mol. The Morgan fingerprint density at radius 1 is 1.26 bits per heavy atom. The topological polar surface area (TPSA) is 91.4 Å². The molecule has 0 amide bonds. The normalized spacial score (nSPS) is 21.0. The Morgan fingerprint density at radius 2 is 1.96 bits per heavy atom. The second kappa shape index (κ2) is 5.09. The van der Waals surface area contributed by atoms with Gasteiger partial charge in [0.15, 0.2) is 0 Å². The molecule has 1 aromatic heterocycles. The van der Waals surface area contributed by atoms with Crippen LogP contribution in [0.2, 0.25) is 0 Å². The van der Waals surface area contributed by atoms with E-state index in [2.05, 4.69) is 10.3 Å². The molecular weight excluding hydrogens is 296 g/mol. The Morgan fingerprint density at radius 3 is 2.61 bits per heavy atom. The van der Waals surface area contributed by atoms with E-state index in [4.69, 9.17) is 4.74 Å². The predicted molar refractivity (Wildman–Crippen MR) is 85.1 cm³/mol. The zero-order valence-corrected chi connectivity index (χ0v) is 13.4. The molecule has 0 fully saturated rings. The summed E-state index contributed by atoms with van der Waals surface area (Å²) >= 11 is 0. The highest BCUT2D eigenvalue weighted by molar-refractivity contribution is 6.05. The summed E-state index contributed by atoms with van der Waals surface area (Å²) in [5, 5.41) is 13.5. The van der Waals surface area contributed by atoms with E-state index in [-0.39, 0.29) is 13.0 Å². The number of carboxylic acid groups (broad SMARTS) is 1. The van der Waals surface area contributed by atoms with E-state index in [1.165, 1.54) is 0 Å². The van der Waals surface area contributed by atoms with Gasteiger partial charge in [-0.25, -0.2) is 9.59 Å². The molecule has 0 radical (unpaired) electrons. The first-order valence-corrected chi connectivity index (χ1v) is 7.53. The van der Waals surface area contributed by atoms with Gasteiger partial charge in [0.1, 0.15) is 5.60 Å². The van der Waals surface area contributed by atoms with Crippen LogP contribution in [-0.4, -0.2) is 33.2 Å². The maximum absolute atomic E-state index is 12.6. The van der Waals surface area contributed by atoms with Gasteiger partial charge in [-0.1, -0.05) is 18.2 Å². The molecule has 2 aromatic rings. The number of carbonyl (C=O) groups is 2. The van der Waals surface area contributed by atoms with Crippen molar-refractivity contribution >= 4 is 22.8 Å². The third-order valence-electron chi connectivity index (χ3n) is 4.02. The van der Waals surface area contributed by atoms with Crippen molar-refractivity contribution < 1.29 is 19.4 Å². The number of benzene rings is 1. The largest absolute Gasteiger partial charge is 0.479 e. The Bertz CT molecular complexity index is 787. The lowest BCUT2D eigenvalue weighted by atomic mass is 9.86. The summed E-state index contributed by atoms with van der Waals surface area (Å²) < 4.78 is 5.35. The number of carbonyl (C=O) groups excluding carboxylic acids is 1. The summed E-state index contributed by atoms with van der Waals surface area (Å²) in [5.41, 5.74) is 0.191. The molecule has 23 heavy (non-hydrogen) atoms. The number of hydrogen-bond acceptors (Lipinski definition) is 4. The molecule has 0 aliphatic carbocycles. The van der Waals surface area contributed by atoms with Gasteiger partial charge in [-0.2, -0.15) is 0 Å². The molecule has 2 heterocycles. The highest BCUT2D eigenvalue weighted by atomic mass is 16.6. The van der Waals surface area contributed by atoms with E-state index in [0.29, 0.717) is 0 Å². The van der Waals surface area contributed by atoms with Gasteiger partial charge in [-0.3, -0.25) is 5.32 Å². The summed E-state index contributed by atoms with van der Waals surface area (Å²) in [6.07, 6.45) is 0.0522. The molecule has 1 aliphatic rings. The summed E-state index contributed by atoms with van der Waals surface area (Å²) in [6.45, 7) is 5.44. The molecule has 122 valence electrons. The van der Waals surface area contributed by atoms with E-state index in [0.717, 1.165) is 22.2 Å². The molecule has 1 atom stereocenters. The first-order chi connectivity index (χ1) is 10.7. The van der Waals surface area contributed by atoms with Crippen molar-refractivity contribution in [3.8, 4) is 0 Å². The van der Waals surface area contributed by atoms with Gasteiger partial charge in [0.05, 0.1) is 0 Å². The summed E-state index contributed by atoms with van der Waals surface area (Å²) in [4.78, 5) is 27.7. The number of aromatic nitrogens is 1. The Kier molecular flexibility index (Phi) is 3.44. The molecule has 0 spiro atoms. The minimum absolute atomic E-state index is 0.0522. The number of ether oxygens (including phenoxy) is 1. The Balaban J connectivity index is 2.04. The lowest BCUT2D eigenvalue weighted by Gasteiger charge is -2.34. The average molecular weight is 316 g/mol. The SMILES string of the molecule is CC(C)(C)OC(=O)[C@@]1(C(=O)O)Cc2c([nH]c3ccccc23)CN1. The van der Waals surface area contributed by atoms with Crippen LogP contribution in [0.5, 0.6) is 0 Å². The fourth-order valence-electron chi connectivity index (χ4n) is 2.92. The quantitative estimate of drug-likeness (QED) is 0.582. The summed E-state index contributed by atoms with van der Waals surface area (Å²) in [5.74, 6) is -1.98. The van der Waals surface area contributed by atoms with Crippen molar-refractivity contribution in [1.29, 1.82) is 0 Å². The van der Waals surface area contributed by atoms with Crippen molar-refractivity contribution in [3.05, 3.63) is 35.5 Å². The standard InChI is InChI=1S/C17H20N2O4/c1-16(2,3)23-15(22)17(14(20)21)8-11-10-6-4-5-7-12(10)19-13(11)9-18-17/h4-7,18-19H,8-9H2,1-3H3,(H,20,21)/t17-/m0/s1. The fourth-order valence-corrected chi connectivity index (χ4v) is 2.92. The van der Waals surface area contributed by atoms with Crippen molar-refractivity contribution in [1.82, 2.24) is 10.3 Å². The Hall–Kier alpha value is -2.34. The lowest BCUT2D eigenvalue weighted by molar-refractivity contribution is -0.171. The van der Waals surface area contributed by atoms with Gasteiger partial charge >= 0.3 is 11.9 Å². The van der Waals surface area contributed by atoms with Crippen LogP contribution in [0.1, 0.15) is 32.0 Å². The number of aliphatic carboxylic acids is 1. The highest BCUT2D eigenvalue weighted by Crippen LogP contribution is 2.32. The van der Waals surface area contributed by atoms with Gasteiger partial charge in [0.25, 0.3) is 0 Å². The number of carboxylic acids is 1. The number of nitrogens with one attached hydrogen (secondary N) is 2. The number of hydrogen-bond donors (Lipinski definition) is 3. The zero-order valence-electron chi connectivity index (χ0n) is 13.4. The molecule has 6 nitrogen and oxygen atoms in total. The maximum atomic E-state index is 12.6. The number of fused-ring (bicyclic) bond motifs is 3.